The highest BCUT2D eigenvalue weighted by Gasteiger charge is 2.18. The van der Waals surface area contributed by atoms with E-state index in [1.807, 2.05) is 0 Å². The third-order valence-corrected chi connectivity index (χ3v) is 5.14. The Morgan fingerprint density at radius 3 is 1.09 bits per heavy atom. The van der Waals surface area contributed by atoms with Crippen molar-refractivity contribution in [1.82, 2.24) is 13.3 Å². The molecular weight excluding hydrogens is 362 g/mol. The number of hydrogen-bond acceptors (Lipinski definition) is 8. The Balaban J connectivity index is -0.000000333. The fourth-order valence-electron chi connectivity index (χ4n) is 0.490. The molecule has 0 heterocycles. The quantitative estimate of drug-likeness (QED) is 0.416. The molecule has 0 aromatic heterocycles. The van der Waals surface area contributed by atoms with Crippen LogP contribution >= 0.6 is 0 Å². The van der Waals surface area contributed by atoms with Crippen LogP contribution in [0.2, 0.25) is 0 Å². The van der Waals surface area contributed by atoms with E-state index in [4.69, 9.17) is 10.2 Å². The van der Waals surface area contributed by atoms with Crippen molar-refractivity contribution in [3.8, 4) is 0 Å². The summed E-state index contributed by atoms with van der Waals surface area (Å²) in [5, 5.41) is 14.2. The molecule has 0 bridgehead atoms. The number of aliphatic hydroxyl groups is 2. The Kier molecular flexibility index (Phi) is 13.5. The molecule has 0 fully saturated rings. The minimum atomic E-state index is -3.33. The van der Waals surface area contributed by atoms with Crippen LogP contribution in [0.15, 0.2) is 0 Å². The summed E-state index contributed by atoms with van der Waals surface area (Å²) in [6, 6.07) is 0. The summed E-state index contributed by atoms with van der Waals surface area (Å²) >= 11 is 0. The molecule has 0 saturated heterocycles. The van der Waals surface area contributed by atoms with Gasteiger partial charge >= 0.3 is 0 Å². The van der Waals surface area contributed by atoms with E-state index in [1.165, 1.54) is 21.1 Å². The molecule has 11 nitrogen and oxygen atoms in total. The molecule has 0 aromatic carbocycles. The molecule has 14 heteroatoms. The number of rotatable bonds is 5. The Bertz CT molecular complexity index is 548. The third kappa shape index (κ3) is 19.7. The number of sulfonamides is 3. The minimum Gasteiger partial charge on any atom is -0.371 e. The average molecular weight is 388 g/mol. The number of aliphatic hydroxyl groups excluding tert-OH is 1. The van der Waals surface area contributed by atoms with E-state index in [-0.39, 0.29) is 6.67 Å². The molecule has 22 heavy (non-hydrogen) atoms. The molecule has 0 unspecified atom stereocenters. The summed E-state index contributed by atoms with van der Waals surface area (Å²) in [6.07, 6.45) is 3.14. The molecule has 3 N–H and O–H groups in total. The lowest BCUT2D eigenvalue weighted by molar-refractivity contribution is 0.0773. The van der Waals surface area contributed by atoms with E-state index in [2.05, 4.69) is 4.72 Å². The minimum absolute atomic E-state index is 0.169. The second-order valence-corrected chi connectivity index (χ2v) is 10.1. The molecule has 138 valence electrons. The second-order valence-electron chi connectivity index (χ2n) is 3.98. The highest BCUT2D eigenvalue weighted by molar-refractivity contribution is 7.89. The van der Waals surface area contributed by atoms with Crippen LogP contribution in [-0.2, 0) is 30.1 Å². The summed E-state index contributed by atoms with van der Waals surface area (Å²) in [5.41, 5.74) is 0. The fraction of sp³-hybridized carbons (Fsp3) is 1.00. The fourth-order valence-corrected chi connectivity index (χ4v) is 1.33. The van der Waals surface area contributed by atoms with Gasteiger partial charge in [0.1, 0.15) is 6.79 Å². The molecule has 0 rings (SSSR count). The van der Waals surface area contributed by atoms with Crippen LogP contribution in [0.1, 0.15) is 0 Å². The van der Waals surface area contributed by atoms with Gasteiger partial charge in [0.25, 0.3) is 0 Å². The highest BCUT2D eigenvalue weighted by Crippen LogP contribution is 1.98. The molecule has 0 saturated carbocycles. The van der Waals surface area contributed by atoms with Crippen molar-refractivity contribution in [2.24, 2.45) is 0 Å². The van der Waals surface area contributed by atoms with Crippen molar-refractivity contribution in [1.29, 1.82) is 0 Å². The van der Waals surface area contributed by atoms with E-state index in [1.54, 1.807) is 0 Å². The largest absolute Gasteiger partial charge is 0.371 e. The van der Waals surface area contributed by atoms with Gasteiger partial charge < -0.3 is 10.2 Å². The predicted octanol–water partition coefficient (Wildman–Crippen LogP) is -3.18. The molecule has 0 amide bonds. The topological polar surface area (TPSA) is 161 Å². The normalized spacial score (nSPS) is 12.3. The third-order valence-electron chi connectivity index (χ3n) is 1.90. The van der Waals surface area contributed by atoms with Crippen molar-refractivity contribution in [2.75, 3.05) is 53.4 Å². The Morgan fingerprint density at radius 2 is 1.00 bits per heavy atom. The van der Waals surface area contributed by atoms with Gasteiger partial charge in [0.2, 0.25) is 30.1 Å². The van der Waals surface area contributed by atoms with Crippen molar-refractivity contribution in [3.63, 3.8) is 0 Å². The lowest BCUT2D eigenvalue weighted by Gasteiger charge is -2.20. The van der Waals surface area contributed by atoms with Crippen molar-refractivity contribution >= 4 is 30.1 Å². The van der Waals surface area contributed by atoms with Gasteiger partial charge in [0.15, 0.2) is 0 Å². The molecule has 0 aliphatic rings. The SMILES string of the molecule is CN(CN(C)S(C)(=O)=O)S(C)(=O)=O.CNS(C)(=O)=O.OCO. The zero-order chi connectivity index (χ0) is 18.8. The van der Waals surface area contributed by atoms with Gasteiger partial charge in [-0.3, -0.25) is 0 Å². The predicted molar refractivity (Wildman–Crippen MR) is 83.3 cm³/mol. The van der Waals surface area contributed by atoms with Gasteiger partial charge in [0, 0.05) is 14.1 Å². The Labute approximate surface area is 132 Å². The van der Waals surface area contributed by atoms with E-state index in [0.29, 0.717) is 0 Å². The standard InChI is InChI=1S/C5H14N2O4S2.C2H7NO2S.CH4O2/c1-6(12(3,8)9)5-7(2)13(4,10)11;1-3-6(2,4)5;2-1-3/h5H2,1-4H3;3H,1-2H3;2-3H,1H2. The zero-order valence-electron chi connectivity index (χ0n) is 13.4. The maximum Gasteiger partial charge on any atom is 0.212 e. The maximum absolute atomic E-state index is 10.9. The zero-order valence-corrected chi connectivity index (χ0v) is 15.8. The van der Waals surface area contributed by atoms with Gasteiger partial charge in [0.05, 0.1) is 25.4 Å². The molecule has 0 spiro atoms. The summed E-state index contributed by atoms with van der Waals surface area (Å²) in [7, 11) is -5.57. The first-order valence-corrected chi connectivity index (χ1v) is 11.0. The molecule has 0 aliphatic heterocycles. The van der Waals surface area contributed by atoms with Crippen molar-refractivity contribution in [2.45, 2.75) is 0 Å². The van der Waals surface area contributed by atoms with Crippen LogP contribution in [0.5, 0.6) is 0 Å². The highest BCUT2D eigenvalue weighted by atomic mass is 32.2. The van der Waals surface area contributed by atoms with Gasteiger partial charge in [-0.15, -0.1) is 0 Å². The van der Waals surface area contributed by atoms with Gasteiger partial charge in [-0.25, -0.2) is 30.0 Å². The molecule has 0 radical (unpaired) electrons. The second kappa shape index (κ2) is 11.2. The monoisotopic (exact) mass is 387 g/mol. The van der Waals surface area contributed by atoms with Crippen LogP contribution in [0.3, 0.4) is 0 Å². The lowest BCUT2D eigenvalue weighted by atomic mass is 11.0. The van der Waals surface area contributed by atoms with Crippen LogP contribution in [0.25, 0.3) is 0 Å². The van der Waals surface area contributed by atoms with E-state index in [9.17, 15) is 25.3 Å². The number of nitrogens with one attached hydrogen (secondary N) is 1. The maximum atomic E-state index is 10.9. The Morgan fingerprint density at radius 1 is 0.818 bits per heavy atom. The summed E-state index contributed by atoms with van der Waals surface area (Å²) < 4.78 is 67.4. The van der Waals surface area contributed by atoms with Crippen molar-refractivity contribution < 1.29 is 35.5 Å². The van der Waals surface area contributed by atoms with E-state index < -0.39 is 36.9 Å². The van der Waals surface area contributed by atoms with Gasteiger partial charge in [-0.05, 0) is 7.05 Å². The van der Waals surface area contributed by atoms with Gasteiger partial charge in [-0.1, -0.05) is 0 Å². The van der Waals surface area contributed by atoms with Gasteiger partial charge in [-0.2, -0.15) is 8.61 Å². The average Bonchev–Trinajstić information content (AvgIpc) is 2.27. The molecule has 0 atom stereocenters. The number of hydrogen-bond donors (Lipinski definition) is 3. The first kappa shape index (κ1) is 26.5. The molecular formula is C8H25N3O8S3. The van der Waals surface area contributed by atoms with E-state index in [0.717, 1.165) is 27.4 Å². The number of nitrogens with zero attached hydrogens (tertiary/aromatic N) is 2. The Hall–Kier alpha value is -0.350. The van der Waals surface area contributed by atoms with Crippen LogP contribution < -0.4 is 4.72 Å². The smallest absolute Gasteiger partial charge is 0.212 e. The van der Waals surface area contributed by atoms with Crippen LogP contribution in [-0.4, -0.2) is 97.4 Å². The first-order chi connectivity index (χ1) is 9.52. The summed E-state index contributed by atoms with van der Waals surface area (Å²) in [5.74, 6) is 0. The molecule has 0 aliphatic carbocycles. The summed E-state index contributed by atoms with van der Waals surface area (Å²) in [6.45, 7) is -0.919. The van der Waals surface area contributed by atoms with E-state index >= 15 is 0 Å². The molecule has 0 aromatic rings. The van der Waals surface area contributed by atoms with Crippen LogP contribution in [0.4, 0.5) is 0 Å². The first-order valence-electron chi connectivity index (χ1n) is 5.45. The van der Waals surface area contributed by atoms with Crippen molar-refractivity contribution in [3.05, 3.63) is 0 Å². The lowest BCUT2D eigenvalue weighted by Crippen LogP contribution is -2.39. The van der Waals surface area contributed by atoms with Crippen LogP contribution in [0, 0.1) is 0 Å². The summed E-state index contributed by atoms with van der Waals surface area (Å²) in [4.78, 5) is 0.